The molecule has 2 amide bonds. The molecule has 2 rings (SSSR count). The van der Waals surface area contributed by atoms with Gasteiger partial charge in [-0.1, -0.05) is 19.8 Å². The molecular formula is C12H20N2O2. The van der Waals surface area contributed by atoms with Gasteiger partial charge in [0.2, 0.25) is 11.8 Å². The fraction of sp³-hybridized carbons (Fsp3) is 0.833. The van der Waals surface area contributed by atoms with Crippen LogP contribution >= 0.6 is 0 Å². The monoisotopic (exact) mass is 224 g/mol. The van der Waals surface area contributed by atoms with Gasteiger partial charge in [0.15, 0.2) is 0 Å². The minimum absolute atomic E-state index is 0.136. The molecule has 2 saturated heterocycles. The Labute approximate surface area is 96.6 Å². The molecule has 0 N–H and O–H groups in total. The topological polar surface area (TPSA) is 40.6 Å². The quantitative estimate of drug-likeness (QED) is 0.669. The van der Waals surface area contributed by atoms with Gasteiger partial charge in [-0.05, 0) is 19.3 Å². The van der Waals surface area contributed by atoms with Crippen molar-refractivity contribution in [1.82, 2.24) is 9.80 Å². The van der Waals surface area contributed by atoms with Gasteiger partial charge in [-0.25, -0.2) is 0 Å². The number of rotatable bonds is 4. The maximum atomic E-state index is 12.1. The van der Waals surface area contributed by atoms with E-state index in [4.69, 9.17) is 0 Å². The summed E-state index contributed by atoms with van der Waals surface area (Å²) < 4.78 is 0. The van der Waals surface area contributed by atoms with Crippen molar-refractivity contribution in [2.24, 2.45) is 0 Å². The number of nitrogens with zero attached hydrogens (tertiary/aromatic N) is 2. The molecule has 0 spiro atoms. The van der Waals surface area contributed by atoms with Gasteiger partial charge in [-0.3, -0.25) is 9.59 Å². The molecule has 0 aliphatic carbocycles. The summed E-state index contributed by atoms with van der Waals surface area (Å²) in [7, 11) is 0. The average molecular weight is 224 g/mol. The largest absolute Gasteiger partial charge is 0.332 e. The SMILES string of the molecule is CCCCCN1CC(=O)N2CCCC2C1=O. The van der Waals surface area contributed by atoms with E-state index in [1.165, 1.54) is 0 Å². The van der Waals surface area contributed by atoms with E-state index in [9.17, 15) is 9.59 Å². The van der Waals surface area contributed by atoms with Crippen LogP contribution in [0.1, 0.15) is 39.0 Å². The normalized spacial score (nSPS) is 25.2. The fourth-order valence-corrected chi connectivity index (χ4v) is 2.61. The number of unbranched alkanes of at least 4 members (excludes halogenated alkanes) is 2. The molecule has 0 radical (unpaired) electrons. The van der Waals surface area contributed by atoms with Crippen LogP contribution in [0.2, 0.25) is 0 Å². The molecule has 4 heteroatoms. The number of amides is 2. The summed E-state index contributed by atoms with van der Waals surface area (Å²) in [5, 5.41) is 0. The summed E-state index contributed by atoms with van der Waals surface area (Å²) in [6.07, 6.45) is 5.12. The Morgan fingerprint density at radius 1 is 1.31 bits per heavy atom. The lowest BCUT2D eigenvalue weighted by Crippen LogP contribution is -2.57. The van der Waals surface area contributed by atoms with Gasteiger partial charge >= 0.3 is 0 Å². The van der Waals surface area contributed by atoms with E-state index in [1.54, 1.807) is 9.80 Å². The number of piperazine rings is 1. The molecule has 16 heavy (non-hydrogen) atoms. The number of hydrogen-bond donors (Lipinski definition) is 0. The highest BCUT2D eigenvalue weighted by Crippen LogP contribution is 2.23. The maximum Gasteiger partial charge on any atom is 0.245 e. The van der Waals surface area contributed by atoms with Crippen LogP contribution in [0.5, 0.6) is 0 Å². The third-order valence-electron chi connectivity index (χ3n) is 3.53. The zero-order chi connectivity index (χ0) is 11.5. The van der Waals surface area contributed by atoms with Crippen molar-refractivity contribution in [3.05, 3.63) is 0 Å². The van der Waals surface area contributed by atoms with Crippen LogP contribution in [0, 0.1) is 0 Å². The first-order valence-corrected chi connectivity index (χ1v) is 6.32. The van der Waals surface area contributed by atoms with E-state index in [0.29, 0.717) is 6.54 Å². The lowest BCUT2D eigenvalue weighted by Gasteiger charge is -2.36. The van der Waals surface area contributed by atoms with Crippen molar-refractivity contribution < 1.29 is 9.59 Å². The van der Waals surface area contributed by atoms with Crippen molar-refractivity contribution in [3.8, 4) is 0 Å². The average Bonchev–Trinajstić information content (AvgIpc) is 2.75. The van der Waals surface area contributed by atoms with E-state index in [2.05, 4.69) is 6.92 Å². The van der Waals surface area contributed by atoms with Gasteiger partial charge in [0, 0.05) is 13.1 Å². The second-order valence-electron chi connectivity index (χ2n) is 4.71. The number of hydrogen-bond acceptors (Lipinski definition) is 2. The number of carbonyl (C=O) groups is 2. The van der Waals surface area contributed by atoms with E-state index in [0.717, 1.165) is 45.2 Å². The fourth-order valence-electron chi connectivity index (χ4n) is 2.61. The van der Waals surface area contributed by atoms with Crippen molar-refractivity contribution in [2.45, 2.75) is 45.1 Å². The lowest BCUT2D eigenvalue weighted by atomic mass is 10.1. The Bertz CT molecular complexity index is 291. The van der Waals surface area contributed by atoms with Crippen LogP contribution in [0.15, 0.2) is 0 Å². The highest BCUT2D eigenvalue weighted by atomic mass is 16.2. The Kier molecular flexibility index (Phi) is 3.46. The zero-order valence-corrected chi connectivity index (χ0v) is 9.95. The first kappa shape index (κ1) is 11.4. The second kappa shape index (κ2) is 4.85. The van der Waals surface area contributed by atoms with E-state index < -0.39 is 0 Å². The van der Waals surface area contributed by atoms with Crippen LogP contribution in [0.4, 0.5) is 0 Å². The van der Waals surface area contributed by atoms with Gasteiger partial charge in [0.1, 0.15) is 6.04 Å². The van der Waals surface area contributed by atoms with Crippen molar-refractivity contribution in [3.63, 3.8) is 0 Å². The molecular weight excluding hydrogens is 204 g/mol. The Balaban J connectivity index is 1.94. The maximum absolute atomic E-state index is 12.1. The standard InChI is InChI=1S/C12H20N2O2/c1-2-3-4-7-13-9-11(15)14-8-5-6-10(14)12(13)16/h10H,2-9H2,1H3. The first-order valence-electron chi connectivity index (χ1n) is 6.32. The molecule has 90 valence electrons. The van der Waals surface area contributed by atoms with Gasteiger partial charge in [0.25, 0.3) is 0 Å². The molecule has 0 aromatic heterocycles. The van der Waals surface area contributed by atoms with Gasteiger partial charge in [-0.15, -0.1) is 0 Å². The summed E-state index contributed by atoms with van der Waals surface area (Å²) >= 11 is 0. The number of carbonyl (C=O) groups excluding carboxylic acids is 2. The Hall–Kier alpha value is -1.06. The smallest absolute Gasteiger partial charge is 0.245 e. The summed E-state index contributed by atoms with van der Waals surface area (Å²) in [6.45, 7) is 3.97. The minimum Gasteiger partial charge on any atom is -0.332 e. The summed E-state index contributed by atoms with van der Waals surface area (Å²) in [5.74, 6) is 0.312. The minimum atomic E-state index is -0.136. The van der Waals surface area contributed by atoms with Crippen molar-refractivity contribution >= 4 is 11.8 Å². The summed E-state index contributed by atoms with van der Waals surface area (Å²) in [6, 6.07) is -0.136. The lowest BCUT2D eigenvalue weighted by molar-refractivity contribution is -0.153. The van der Waals surface area contributed by atoms with E-state index >= 15 is 0 Å². The third kappa shape index (κ3) is 2.06. The van der Waals surface area contributed by atoms with Crippen LogP contribution in [0.25, 0.3) is 0 Å². The van der Waals surface area contributed by atoms with E-state index in [-0.39, 0.29) is 17.9 Å². The van der Waals surface area contributed by atoms with Gasteiger partial charge in [0.05, 0.1) is 6.54 Å². The number of fused-ring (bicyclic) bond motifs is 1. The molecule has 0 aromatic carbocycles. The summed E-state index contributed by atoms with van der Waals surface area (Å²) in [4.78, 5) is 27.4. The second-order valence-corrected chi connectivity index (χ2v) is 4.71. The van der Waals surface area contributed by atoms with Crippen molar-refractivity contribution in [2.75, 3.05) is 19.6 Å². The Morgan fingerprint density at radius 2 is 2.12 bits per heavy atom. The molecule has 2 aliphatic rings. The first-order chi connectivity index (χ1) is 7.74. The highest BCUT2D eigenvalue weighted by Gasteiger charge is 2.41. The van der Waals surface area contributed by atoms with Gasteiger partial charge < -0.3 is 9.80 Å². The van der Waals surface area contributed by atoms with Crippen LogP contribution in [-0.2, 0) is 9.59 Å². The van der Waals surface area contributed by atoms with Crippen LogP contribution in [-0.4, -0.2) is 47.3 Å². The van der Waals surface area contributed by atoms with Gasteiger partial charge in [-0.2, -0.15) is 0 Å². The predicted molar refractivity (Wildman–Crippen MR) is 60.8 cm³/mol. The molecule has 1 atom stereocenters. The van der Waals surface area contributed by atoms with E-state index in [1.807, 2.05) is 0 Å². The van der Waals surface area contributed by atoms with Crippen LogP contribution < -0.4 is 0 Å². The molecule has 0 bridgehead atoms. The molecule has 0 saturated carbocycles. The zero-order valence-electron chi connectivity index (χ0n) is 9.95. The molecule has 4 nitrogen and oxygen atoms in total. The molecule has 2 heterocycles. The molecule has 2 aliphatic heterocycles. The third-order valence-corrected chi connectivity index (χ3v) is 3.53. The van der Waals surface area contributed by atoms with Crippen molar-refractivity contribution in [1.29, 1.82) is 0 Å². The van der Waals surface area contributed by atoms with Crippen LogP contribution in [0.3, 0.4) is 0 Å². The Morgan fingerprint density at radius 3 is 2.88 bits per heavy atom. The highest BCUT2D eigenvalue weighted by molar-refractivity contribution is 5.95. The summed E-state index contributed by atoms with van der Waals surface area (Å²) in [5.41, 5.74) is 0. The molecule has 0 aromatic rings. The molecule has 1 unspecified atom stereocenters. The molecule has 2 fully saturated rings. The predicted octanol–water partition coefficient (Wildman–Crippen LogP) is 1.01.